The standard InChI is InChI=1S/C15H18FNO3/c16-12-3-1-10(2-4-12)14(11-5-7-19-8-6-11)17-15(18)13-9-20-13/h1-4,11,13-14H,5-9H2,(H,17,18). The largest absolute Gasteiger partial charge is 0.381 e. The second-order valence-electron chi connectivity index (χ2n) is 5.31. The minimum absolute atomic E-state index is 0.0779. The zero-order valence-electron chi connectivity index (χ0n) is 11.2. The number of nitrogens with one attached hydrogen (secondary N) is 1. The zero-order valence-corrected chi connectivity index (χ0v) is 11.2. The van der Waals surface area contributed by atoms with Gasteiger partial charge in [-0.05, 0) is 36.5 Å². The van der Waals surface area contributed by atoms with E-state index in [1.54, 1.807) is 12.1 Å². The van der Waals surface area contributed by atoms with Crippen LogP contribution in [0.15, 0.2) is 24.3 Å². The van der Waals surface area contributed by atoms with Gasteiger partial charge in [-0.15, -0.1) is 0 Å². The molecule has 2 atom stereocenters. The SMILES string of the molecule is O=C(NC(c1ccc(F)cc1)C1CCOCC1)C1CO1. The van der Waals surface area contributed by atoms with Gasteiger partial charge >= 0.3 is 0 Å². The zero-order chi connectivity index (χ0) is 13.9. The topological polar surface area (TPSA) is 50.9 Å². The lowest BCUT2D eigenvalue weighted by molar-refractivity contribution is -0.123. The van der Waals surface area contributed by atoms with Gasteiger partial charge in [0.1, 0.15) is 5.82 Å². The number of hydrogen-bond donors (Lipinski definition) is 1. The van der Waals surface area contributed by atoms with Gasteiger partial charge in [0.2, 0.25) is 0 Å². The maximum atomic E-state index is 13.1. The Hall–Kier alpha value is -1.46. The van der Waals surface area contributed by atoms with Gasteiger partial charge < -0.3 is 14.8 Å². The van der Waals surface area contributed by atoms with Crippen LogP contribution in [-0.2, 0) is 14.3 Å². The van der Waals surface area contributed by atoms with Crippen molar-refractivity contribution in [2.45, 2.75) is 25.0 Å². The summed E-state index contributed by atoms with van der Waals surface area (Å²) < 4.78 is 23.5. The van der Waals surface area contributed by atoms with E-state index in [2.05, 4.69) is 5.32 Å². The number of carbonyl (C=O) groups excluding carboxylic acids is 1. The normalized spacial score (nSPS) is 24.1. The Morgan fingerprint density at radius 2 is 1.90 bits per heavy atom. The van der Waals surface area contributed by atoms with Crippen LogP contribution >= 0.6 is 0 Å². The van der Waals surface area contributed by atoms with Crippen LogP contribution in [0.25, 0.3) is 0 Å². The smallest absolute Gasteiger partial charge is 0.252 e. The highest BCUT2D eigenvalue weighted by atomic mass is 19.1. The molecule has 2 heterocycles. The predicted octanol–water partition coefficient (Wildman–Crippen LogP) is 1.81. The number of ether oxygens (including phenoxy) is 2. The molecule has 2 fully saturated rings. The third-order valence-corrected chi connectivity index (χ3v) is 3.89. The van der Waals surface area contributed by atoms with Crippen molar-refractivity contribution >= 4 is 5.91 Å². The number of halogens is 1. The van der Waals surface area contributed by atoms with Crippen LogP contribution in [0, 0.1) is 11.7 Å². The average molecular weight is 279 g/mol. The van der Waals surface area contributed by atoms with E-state index in [-0.39, 0.29) is 23.9 Å². The first-order valence-electron chi connectivity index (χ1n) is 6.99. The third kappa shape index (κ3) is 3.16. The van der Waals surface area contributed by atoms with Crippen molar-refractivity contribution in [3.8, 4) is 0 Å². The summed E-state index contributed by atoms with van der Waals surface area (Å²) in [4.78, 5) is 12.0. The summed E-state index contributed by atoms with van der Waals surface area (Å²) in [5.41, 5.74) is 0.937. The summed E-state index contributed by atoms with van der Waals surface area (Å²) in [5, 5.41) is 3.04. The monoisotopic (exact) mass is 279 g/mol. The second kappa shape index (κ2) is 5.89. The summed E-state index contributed by atoms with van der Waals surface area (Å²) in [6.45, 7) is 1.91. The highest BCUT2D eigenvalue weighted by Gasteiger charge is 2.35. The fourth-order valence-electron chi connectivity index (χ4n) is 2.64. The first-order chi connectivity index (χ1) is 9.74. The van der Waals surface area contributed by atoms with Gasteiger partial charge in [0.25, 0.3) is 5.91 Å². The number of rotatable bonds is 4. The van der Waals surface area contributed by atoms with Crippen molar-refractivity contribution in [1.82, 2.24) is 5.32 Å². The molecule has 5 heteroatoms. The van der Waals surface area contributed by atoms with Gasteiger partial charge in [-0.3, -0.25) is 4.79 Å². The molecule has 4 nitrogen and oxygen atoms in total. The van der Waals surface area contributed by atoms with Crippen LogP contribution in [0.2, 0.25) is 0 Å². The number of epoxide rings is 1. The number of amides is 1. The summed E-state index contributed by atoms with van der Waals surface area (Å²) in [7, 11) is 0. The van der Waals surface area contributed by atoms with Crippen LogP contribution in [-0.4, -0.2) is 31.8 Å². The second-order valence-corrected chi connectivity index (χ2v) is 5.31. The van der Waals surface area contributed by atoms with Crippen molar-refractivity contribution in [3.63, 3.8) is 0 Å². The molecular weight excluding hydrogens is 261 g/mol. The fraction of sp³-hybridized carbons (Fsp3) is 0.533. The maximum Gasteiger partial charge on any atom is 0.252 e. The van der Waals surface area contributed by atoms with Crippen molar-refractivity contribution in [2.24, 2.45) is 5.92 Å². The van der Waals surface area contributed by atoms with Gasteiger partial charge in [-0.25, -0.2) is 4.39 Å². The number of hydrogen-bond acceptors (Lipinski definition) is 3. The minimum Gasteiger partial charge on any atom is -0.381 e. The summed E-state index contributed by atoms with van der Waals surface area (Å²) >= 11 is 0. The van der Waals surface area contributed by atoms with Crippen molar-refractivity contribution in [2.75, 3.05) is 19.8 Å². The fourth-order valence-corrected chi connectivity index (χ4v) is 2.64. The van der Waals surface area contributed by atoms with E-state index >= 15 is 0 Å². The molecule has 0 saturated carbocycles. The Kier molecular flexibility index (Phi) is 3.98. The number of benzene rings is 1. The van der Waals surface area contributed by atoms with Crippen molar-refractivity contribution in [3.05, 3.63) is 35.6 Å². The molecule has 2 aliphatic heterocycles. The van der Waals surface area contributed by atoms with Gasteiger partial charge in [0.05, 0.1) is 12.6 Å². The molecule has 0 aliphatic carbocycles. The number of carbonyl (C=O) groups is 1. The maximum absolute atomic E-state index is 13.1. The lowest BCUT2D eigenvalue weighted by Gasteiger charge is -2.31. The van der Waals surface area contributed by atoms with E-state index in [1.807, 2.05) is 0 Å². The van der Waals surface area contributed by atoms with Crippen LogP contribution in [0.5, 0.6) is 0 Å². The lowest BCUT2D eigenvalue weighted by Crippen LogP contribution is -2.38. The highest BCUT2D eigenvalue weighted by molar-refractivity contribution is 5.83. The Morgan fingerprint density at radius 1 is 1.25 bits per heavy atom. The molecule has 1 N–H and O–H groups in total. The highest BCUT2D eigenvalue weighted by Crippen LogP contribution is 2.30. The van der Waals surface area contributed by atoms with Crippen LogP contribution in [0.1, 0.15) is 24.4 Å². The molecule has 2 unspecified atom stereocenters. The molecule has 1 aromatic carbocycles. The van der Waals surface area contributed by atoms with Gasteiger partial charge in [-0.2, -0.15) is 0 Å². The van der Waals surface area contributed by atoms with Gasteiger partial charge in [0, 0.05) is 13.2 Å². The summed E-state index contributed by atoms with van der Waals surface area (Å²) in [6, 6.07) is 6.24. The van der Waals surface area contributed by atoms with E-state index in [0.717, 1.165) is 18.4 Å². The summed E-state index contributed by atoms with van der Waals surface area (Å²) in [6.07, 6.45) is 1.49. The van der Waals surface area contributed by atoms with E-state index in [9.17, 15) is 9.18 Å². The van der Waals surface area contributed by atoms with E-state index in [4.69, 9.17) is 9.47 Å². The molecule has 1 aromatic rings. The Morgan fingerprint density at radius 3 is 2.50 bits per heavy atom. The van der Waals surface area contributed by atoms with Gasteiger partial charge in [0.15, 0.2) is 6.10 Å². The quantitative estimate of drug-likeness (QED) is 0.855. The minimum atomic E-state index is -0.308. The molecule has 2 saturated heterocycles. The molecule has 0 aromatic heterocycles. The predicted molar refractivity (Wildman–Crippen MR) is 70.6 cm³/mol. The van der Waals surface area contributed by atoms with E-state index in [1.165, 1.54) is 12.1 Å². The van der Waals surface area contributed by atoms with Crippen LogP contribution in [0.3, 0.4) is 0 Å². The molecule has 0 radical (unpaired) electrons. The van der Waals surface area contributed by atoms with Gasteiger partial charge in [-0.1, -0.05) is 12.1 Å². The first-order valence-corrected chi connectivity index (χ1v) is 6.99. The molecule has 20 heavy (non-hydrogen) atoms. The lowest BCUT2D eigenvalue weighted by atomic mass is 9.87. The Balaban J connectivity index is 1.77. The molecule has 0 bridgehead atoms. The van der Waals surface area contributed by atoms with E-state index < -0.39 is 0 Å². The Labute approximate surface area is 117 Å². The van der Waals surface area contributed by atoms with Crippen molar-refractivity contribution < 1.29 is 18.7 Å². The molecule has 2 aliphatic rings. The summed E-state index contributed by atoms with van der Waals surface area (Å²) in [5.74, 6) is -0.0286. The van der Waals surface area contributed by atoms with E-state index in [0.29, 0.717) is 25.7 Å². The van der Waals surface area contributed by atoms with Crippen LogP contribution in [0.4, 0.5) is 4.39 Å². The molecule has 0 spiro atoms. The first kappa shape index (κ1) is 13.5. The molecule has 1 amide bonds. The average Bonchev–Trinajstić information content (AvgIpc) is 3.31. The van der Waals surface area contributed by atoms with Crippen molar-refractivity contribution in [1.29, 1.82) is 0 Å². The molecular formula is C15H18FNO3. The third-order valence-electron chi connectivity index (χ3n) is 3.89. The molecule has 108 valence electrons. The van der Waals surface area contributed by atoms with Crippen LogP contribution < -0.4 is 5.32 Å². The molecule has 3 rings (SSSR count). The Bertz CT molecular complexity index is 467.